The number of rotatable bonds is 8. The van der Waals surface area contributed by atoms with E-state index in [0.717, 1.165) is 17.8 Å². The highest BCUT2D eigenvalue weighted by atomic mass is 32.1. The third kappa shape index (κ3) is 5.84. The van der Waals surface area contributed by atoms with Crippen LogP contribution >= 0.6 is 11.3 Å². The fourth-order valence-electron chi connectivity index (χ4n) is 2.41. The largest absolute Gasteiger partial charge is 0.486 e. The van der Waals surface area contributed by atoms with Crippen molar-refractivity contribution >= 4 is 28.8 Å². The maximum Gasteiger partial charge on any atom is 0.286 e. The van der Waals surface area contributed by atoms with Crippen LogP contribution in [-0.4, -0.2) is 28.1 Å². The number of halogens is 1. The van der Waals surface area contributed by atoms with E-state index in [1.165, 1.54) is 24.3 Å². The average molecular weight is 428 g/mol. The van der Waals surface area contributed by atoms with E-state index in [0.29, 0.717) is 22.0 Å². The Kier molecular flexibility index (Phi) is 7.08. The average Bonchev–Trinajstić information content (AvgIpc) is 3.22. The molecule has 0 bridgehead atoms. The van der Waals surface area contributed by atoms with Crippen LogP contribution in [0.25, 0.3) is 0 Å². The zero-order chi connectivity index (χ0) is 21.5. The van der Waals surface area contributed by atoms with Crippen LogP contribution in [0, 0.1) is 5.82 Å². The van der Waals surface area contributed by atoms with Gasteiger partial charge in [-0.3, -0.25) is 9.59 Å². The Morgan fingerprint density at radius 2 is 1.90 bits per heavy atom. The summed E-state index contributed by atoms with van der Waals surface area (Å²) in [6, 6.07) is 12.4. The molecule has 1 aromatic heterocycles. The highest BCUT2D eigenvalue weighted by Gasteiger charge is 2.15. The Labute approximate surface area is 177 Å². The molecule has 2 N–H and O–H groups in total. The summed E-state index contributed by atoms with van der Waals surface area (Å²) < 4.78 is 18.4. The van der Waals surface area contributed by atoms with Gasteiger partial charge in [-0.2, -0.15) is 0 Å². The lowest BCUT2D eigenvalue weighted by atomic mass is 10.1. The number of ether oxygens (including phenoxy) is 1. The lowest BCUT2D eigenvalue weighted by Crippen LogP contribution is -2.31. The molecule has 3 rings (SSSR count). The van der Waals surface area contributed by atoms with Crippen molar-refractivity contribution in [2.24, 2.45) is 0 Å². The van der Waals surface area contributed by atoms with E-state index in [2.05, 4.69) is 20.8 Å². The normalized spacial score (nSPS) is 11.6. The lowest BCUT2D eigenvalue weighted by Gasteiger charge is -2.12. The number of benzene rings is 2. The van der Waals surface area contributed by atoms with Crippen molar-refractivity contribution in [2.75, 3.05) is 5.32 Å². The molecule has 3 aromatic rings. The van der Waals surface area contributed by atoms with Crippen LogP contribution in [0.5, 0.6) is 5.75 Å². The van der Waals surface area contributed by atoms with Crippen molar-refractivity contribution in [1.29, 1.82) is 0 Å². The second-order valence-electron chi connectivity index (χ2n) is 6.56. The van der Waals surface area contributed by atoms with Crippen LogP contribution in [0.15, 0.2) is 48.5 Å². The van der Waals surface area contributed by atoms with Crippen molar-refractivity contribution in [3.8, 4) is 5.75 Å². The van der Waals surface area contributed by atoms with Crippen LogP contribution in [0.1, 0.15) is 45.4 Å². The van der Waals surface area contributed by atoms with Gasteiger partial charge in [0.1, 0.15) is 18.2 Å². The van der Waals surface area contributed by atoms with Crippen LogP contribution in [0.3, 0.4) is 0 Å². The summed E-state index contributed by atoms with van der Waals surface area (Å²) in [5.41, 5.74) is 0.940. The van der Waals surface area contributed by atoms with Gasteiger partial charge in [0, 0.05) is 17.3 Å². The summed E-state index contributed by atoms with van der Waals surface area (Å²) in [7, 11) is 0. The maximum atomic E-state index is 12.9. The molecule has 0 aliphatic rings. The van der Waals surface area contributed by atoms with E-state index in [-0.39, 0.29) is 29.4 Å². The standard InChI is InChI=1S/C21H21FN4O3S/c1-3-13(2)23-19(27)14-5-4-6-16(11-14)24-20(28)21-26-25-18(30-21)12-29-17-9-7-15(22)8-10-17/h4-11,13H,3,12H2,1-2H3,(H,23,27)(H,24,28)/t13-/m1/s1. The van der Waals surface area contributed by atoms with Gasteiger partial charge in [0.25, 0.3) is 11.8 Å². The Balaban J connectivity index is 1.59. The van der Waals surface area contributed by atoms with Gasteiger partial charge in [-0.1, -0.05) is 24.3 Å². The van der Waals surface area contributed by atoms with Gasteiger partial charge in [-0.05, 0) is 55.8 Å². The monoisotopic (exact) mass is 428 g/mol. The molecule has 2 aromatic carbocycles. The number of amides is 2. The van der Waals surface area contributed by atoms with Gasteiger partial charge < -0.3 is 15.4 Å². The first-order valence-corrected chi connectivity index (χ1v) is 10.2. The number of carbonyl (C=O) groups excluding carboxylic acids is 2. The van der Waals surface area contributed by atoms with Gasteiger partial charge in [-0.15, -0.1) is 10.2 Å². The maximum absolute atomic E-state index is 12.9. The molecule has 0 radical (unpaired) electrons. The molecular weight excluding hydrogens is 407 g/mol. The third-order valence-corrected chi connectivity index (χ3v) is 5.11. The summed E-state index contributed by atoms with van der Waals surface area (Å²) in [4.78, 5) is 24.7. The molecule has 9 heteroatoms. The second kappa shape index (κ2) is 9.93. The molecule has 156 valence electrons. The molecule has 0 saturated carbocycles. The highest BCUT2D eigenvalue weighted by molar-refractivity contribution is 7.13. The van der Waals surface area contributed by atoms with Crippen molar-refractivity contribution in [1.82, 2.24) is 15.5 Å². The fourth-order valence-corrected chi connectivity index (χ4v) is 3.06. The molecule has 1 heterocycles. The molecule has 0 fully saturated rings. The minimum absolute atomic E-state index is 0.0627. The zero-order valence-corrected chi connectivity index (χ0v) is 17.3. The Bertz CT molecular complexity index is 1020. The molecular formula is C21H21FN4O3S. The molecule has 0 spiro atoms. The molecule has 7 nitrogen and oxygen atoms in total. The molecule has 0 unspecified atom stereocenters. The number of nitrogens with zero attached hydrogens (tertiary/aromatic N) is 2. The van der Waals surface area contributed by atoms with Gasteiger partial charge in [0.05, 0.1) is 0 Å². The Hall–Kier alpha value is -3.33. The first kappa shape index (κ1) is 21.4. The Morgan fingerprint density at radius 1 is 1.13 bits per heavy atom. The van der Waals surface area contributed by atoms with E-state index in [1.807, 2.05) is 13.8 Å². The lowest BCUT2D eigenvalue weighted by molar-refractivity contribution is 0.0938. The van der Waals surface area contributed by atoms with Gasteiger partial charge >= 0.3 is 0 Å². The SMILES string of the molecule is CC[C@@H](C)NC(=O)c1cccc(NC(=O)c2nnc(COc3ccc(F)cc3)s2)c1. The predicted molar refractivity (Wildman–Crippen MR) is 112 cm³/mol. The van der Waals surface area contributed by atoms with E-state index in [9.17, 15) is 14.0 Å². The Morgan fingerprint density at radius 3 is 2.63 bits per heavy atom. The molecule has 0 aliphatic carbocycles. The van der Waals surface area contributed by atoms with Crippen LogP contribution < -0.4 is 15.4 Å². The predicted octanol–water partition coefficient (Wildman–Crippen LogP) is 4.04. The summed E-state index contributed by atoms with van der Waals surface area (Å²) in [5, 5.41) is 14.1. The van der Waals surface area contributed by atoms with Crippen LogP contribution in [-0.2, 0) is 6.61 Å². The van der Waals surface area contributed by atoms with Crippen molar-refractivity contribution in [3.63, 3.8) is 0 Å². The van der Waals surface area contributed by atoms with E-state index in [4.69, 9.17) is 4.74 Å². The number of hydrogen-bond donors (Lipinski definition) is 2. The minimum Gasteiger partial charge on any atom is -0.486 e. The number of aromatic nitrogens is 2. The number of hydrogen-bond acceptors (Lipinski definition) is 6. The minimum atomic E-state index is -0.431. The van der Waals surface area contributed by atoms with Gasteiger partial charge in [0.15, 0.2) is 5.01 Å². The van der Waals surface area contributed by atoms with Crippen LogP contribution in [0.2, 0.25) is 0 Å². The van der Waals surface area contributed by atoms with E-state index < -0.39 is 5.91 Å². The summed E-state index contributed by atoms with van der Waals surface area (Å²) in [6.07, 6.45) is 0.826. The fraction of sp³-hybridized carbons (Fsp3) is 0.238. The second-order valence-corrected chi connectivity index (χ2v) is 7.62. The summed E-state index contributed by atoms with van der Waals surface area (Å²) in [5.74, 6) is -0.486. The molecule has 30 heavy (non-hydrogen) atoms. The smallest absolute Gasteiger partial charge is 0.286 e. The number of nitrogens with one attached hydrogen (secondary N) is 2. The number of carbonyl (C=O) groups is 2. The molecule has 1 atom stereocenters. The first-order valence-electron chi connectivity index (χ1n) is 9.37. The van der Waals surface area contributed by atoms with Crippen molar-refractivity contribution in [3.05, 3.63) is 69.9 Å². The quantitative estimate of drug-likeness (QED) is 0.565. The third-order valence-electron chi connectivity index (χ3n) is 4.21. The van der Waals surface area contributed by atoms with E-state index in [1.54, 1.807) is 24.3 Å². The first-order chi connectivity index (χ1) is 14.4. The molecule has 2 amide bonds. The van der Waals surface area contributed by atoms with Gasteiger partial charge in [0.2, 0.25) is 5.01 Å². The topological polar surface area (TPSA) is 93.2 Å². The summed E-state index contributed by atoms with van der Waals surface area (Å²) >= 11 is 1.09. The molecule has 0 aliphatic heterocycles. The van der Waals surface area contributed by atoms with Crippen molar-refractivity contribution < 1.29 is 18.7 Å². The van der Waals surface area contributed by atoms with Crippen LogP contribution in [0.4, 0.5) is 10.1 Å². The van der Waals surface area contributed by atoms with Crippen molar-refractivity contribution in [2.45, 2.75) is 32.9 Å². The number of anilines is 1. The summed E-state index contributed by atoms with van der Waals surface area (Å²) in [6.45, 7) is 4.03. The zero-order valence-electron chi connectivity index (χ0n) is 16.5. The van der Waals surface area contributed by atoms with Gasteiger partial charge in [-0.25, -0.2) is 4.39 Å². The van der Waals surface area contributed by atoms with E-state index >= 15 is 0 Å². The molecule has 0 saturated heterocycles. The highest BCUT2D eigenvalue weighted by Crippen LogP contribution is 2.18.